The van der Waals surface area contributed by atoms with Crippen molar-refractivity contribution in [2.45, 2.75) is 32.0 Å². The van der Waals surface area contributed by atoms with E-state index in [4.69, 9.17) is 11.2 Å². The molecule has 0 radical (unpaired) electrons. The highest BCUT2D eigenvalue weighted by Gasteiger charge is 2.28. The lowest BCUT2D eigenvalue weighted by Gasteiger charge is -2.37. The van der Waals surface area contributed by atoms with Gasteiger partial charge in [-0.25, -0.2) is 4.79 Å². The quantitative estimate of drug-likeness (QED) is 0.784. The molecule has 5 heteroatoms. The summed E-state index contributed by atoms with van der Waals surface area (Å²) >= 11 is 0. The Balaban J connectivity index is 1.88. The Kier molecular flexibility index (Phi) is 6.92. The number of carbonyl (C=O) groups excluding carboxylic acids is 1. The van der Waals surface area contributed by atoms with Crippen LogP contribution in [-0.4, -0.2) is 49.3 Å². The molecular formula is C18H25N3O2. The molecule has 2 atom stereocenters. The van der Waals surface area contributed by atoms with Crippen molar-refractivity contribution in [1.29, 1.82) is 0 Å². The first-order valence-electron chi connectivity index (χ1n) is 8.08. The molecule has 0 aromatic heterocycles. The zero-order valence-corrected chi connectivity index (χ0v) is 13.6. The van der Waals surface area contributed by atoms with E-state index in [9.17, 15) is 4.79 Å². The van der Waals surface area contributed by atoms with Gasteiger partial charge in [-0.15, -0.1) is 6.42 Å². The smallest absolute Gasteiger partial charge is 0.315 e. The van der Waals surface area contributed by atoms with Gasteiger partial charge in [-0.05, 0) is 12.0 Å². The second-order valence-electron chi connectivity index (χ2n) is 5.68. The molecule has 1 heterocycles. The number of amides is 2. The third-order valence-corrected chi connectivity index (χ3v) is 3.98. The first kappa shape index (κ1) is 17.3. The summed E-state index contributed by atoms with van der Waals surface area (Å²) in [7, 11) is 0. The molecule has 5 nitrogen and oxygen atoms in total. The molecule has 0 spiro atoms. The van der Waals surface area contributed by atoms with Crippen LogP contribution in [0.3, 0.4) is 0 Å². The van der Waals surface area contributed by atoms with E-state index in [1.54, 1.807) is 0 Å². The van der Waals surface area contributed by atoms with E-state index in [-0.39, 0.29) is 24.7 Å². The van der Waals surface area contributed by atoms with Crippen LogP contribution in [-0.2, 0) is 11.3 Å². The standard InChI is InChI=1S/C18H25N3O2/c1-3-10-19-18(22)20-16(4-2)17-14-21(11-12-23-17)13-15-8-6-5-7-9-15/h1,5-9,16-17H,4,10-14H2,2H3,(H2,19,20,22)/t16-,17+/m1/s1. The predicted molar refractivity (Wildman–Crippen MR) is 90.9 cm³/mol. The van der Waals surface area contributed by atoms with Gasteiger partial charge in [0.05, 0.1) is 25.3 Å². The van der Waals surface area contributed by atoms with Gasteiger partial charge in [-0.3, -0.25) is 4.90 Å². The highest BCUT2D eigenvalue weighted by atomic mass is 16.5. The van der Waals surface area contributed by atoms with Gasteiger partial charge in [-0.2, -0.15) is 0 Å². The number of urea groups is 1. The number of nitrogens with zero attached hydrogens (tertiary/aromatic N) is 1. The van der Waals surface area contributed by atoms with Crippen molar-refractivity contribution in [3.05, 3.63) is 35.9 Å². The minimum atomic E-state index is -0.237. The minimum Gasteiger partial charge on any atom is -0.373 e. The lowest BCUT2D eigenvalue weighted by molar-refractivity contribution is -0.0476. The largest absolute Gasteiger partial charge is 0.373 e. The fourth-order valence-corrected chi connectivity index (χ4v) is 2.77. The number of terminal acetylenes is 1. The van der Waals surface area contributed by atoms with E-state index in [1.165, 1.54) is 5.56 Å². The van der Waals surface area contributed by atoms with Gasteiger partial charge in [0, 0.05) is 19.6 Å². The van der Waals surface area contributed by atoms with Crippen LogP contribution in [0, 0.1) is 12.3 Å². The van der Waals surface area contributed by atoms with E-state index in [2.05, 4.69) is 45.7 Å². The Hall–Kier alpha value is -2.03. The normalized spacial score (nSPS) is 19.6. The lowest BCUT2D eigenvalue weighted by atomic mass is 10.1. The molecule has 1 aliphatic rings. The molecule has 1 aromatic rings. The highest BCUT2D eigenvalue weighted by Crippen LogP contribution is 2.14. The molecule has 0 saturated carbocycles. The van der Waals surface area contributed by atoms with Crippen molar-refractivity contribution >= 4 is 6.03 Å². The summed E-state index contributed by atoms with van der Waals surface area (Å²) < 4.78 is 5.88. The van der Waals surface area contributed by atoms with E-state index in [0.717, 1.165) is 26.1 Å². The summed E-state index contributed by atoms with van der Waals surface area (Å²) in [5.41, 5.74) is 1.29. The second kappa shape index (κ2) is 9.19. The number of morpholine rings is 1. The lowest BCUT2D eigenvalue weighted by Crippen LogP contribution is -2.54. The van der Waals surface area contributed by atoms with Crippen molar-refractivity contribution in [2.75, 3.05) is 26.2 Å². The summed E-state index contributed by atoms with van der Waals surface area (Å²) in [5.74, 6) is 2.39. The number of benzene rings is 1. The number of rotatable bonds is 6. The van der Waals surface area contributed by atoms with Crippen LogP contribution in [0.15, 0.2) is 30.3 Å². The molecule has 23 heavy (non-hydrogen) atoms. The second-order valence-corrected chi connectivity index (χ2v) is 5.68. The van der Waals surface area contributed by atoms with Gasteiger partial charge in [0.2, 0.25) is 0 Å². The predicted octanol–water partition coefficient (Wildman–Crippen LogP) is 1.60. The number of nitrogens with one attached hydrogen (secondary N) is 2. The molecular weight excluding hydrogens is 290 g/mol. The van der Waals surface area contributed by atoms with Crippen molar-refractivity contribution < 1.29 is 9.53 Å². The Morgan fingerprint density at radius 1 is 1.48 bits per heavy atom. The molecule has 1 aliphatic heterocycles. The van der Waals surface area contributed by atoms with E-state index in [0.29, 0.717) is 6.61 Å². The first-order chi connectivity index (χ1) is 11.2. The molecule has 2 amide bonds. The maximum atomic E-state index is 11.8. The van der Waals surface area contributed by atoms with Crippen LogP contribution >= 0.6 is 0 Å². The van der Waals surface area contributed by atoms with Gasteiger partial charge in [0.1, 0.15) is 0 Å². The Labute approximate surface area is 138 Å². The number of hydrogen-bond donors (Lipinski definition) is 2. The van der Waals surface area contributed by atoms with Crippen LogP contribution in [0.5, 0.6) is 0 Å². The first-order valence-corrected chi connectivity index (χ1v) is 8.08. The van der Waals surface area contributed by atoms with Crippen molar-refractivity contribution in [2.24, 2.45) is 0 Å². The summed E-state index contributed by atoms with van der Waals surface area (Å²) in [6, 6.07) is 10.1. The van der Waals surface area contributed by atoms with Gasteiger partial charge < -0.3 is 15.4 Å². The summed E-state index contributed by atoms with van der Waals surface area (Å²) in [5, 5.41) is 5.59. The summed E-state index contributed by atoms with van der Waals surface area (Å²) in [4.78, 5) is 14.2. The number of hydrogen-bond acceptors (Lipinski definition) is 3. The van der Waals surface area contributed by atoms with Crippen LogP contribution in [0.4, 0.5) is 4.79 Å². The molecule has 2 N–H and O–H groups in total. The molecule has 1 aromatic carbocycles. The van der Waals surface area contributed by atoms with Crippen LogP contribution in [0.2, 0.25) is 0 Å². The number of ether oxygens (including phenoxy) is 1. The van der Waals surface area contributed by atoms with Crippen molar-refractivity contribution in [3.63, 3.8) is 0 Å². The zero-order chi connectivity index (χ0) is 16.5. The van der Waals surface area contributed by atoms with E-state index < -0.39 is 0 Å². The average Bonchev–Trinajstić information content (AvgIpc) is 2.59. The molecule has 0 unspecified atom stereocenters. The fourth-order valence-electron chi connectivity index (χ4n) is 2.77. The zero-order valence-electron chi connectivity index (χ0n) is 13.6. The third-order valence-electron chi connectivity index (χ3n) is 3.98. The third kappa shape index (κ3) is 5.59. The molecule has 124 valence electrons. The maximum Gasteiger partial charge on any atom is 0.315 e. The SMILES string of the molecule is C#CCNC(=O)N[C@H](CC)[C@@H]1CN(Cc2ccccc2)CCO1. The monoisotopic (exact) mass is 315 g/mol. The van der Waals surface area contributed by atoms with Crippen LogP contribution in [0.25, 0.3) is 0 Å². The van der Waals surface area contributed by atoms with E-state index in [1.807, 2.05) is 13.0 Å². The number of carbonyl (C=O) groups is 1. The Morgan fingerprint density at radius 3 is 2.96 bits per heavy atom. The topological polar surface area (TPSA) is 53.6 Å². The van der Waals surface area contributed by atoms with Gasteiger partial charge in [0.25, 0.3) is 0 Å². The molecule has 0 bridgehead atoms. The van der Waals surface area contributed by atoms with Gasteiger partial charge in [-0.1, -0.05) is 43.2 Å². The molecule has 1 saturated heterocycles. The highest BCUT2D eigenvalue weighted by molar-refractivity contribution is 5.74. The molecule has 2 rings (SSSR count). The molecule has 1 fully saturated rings. The maximum absolute atomic E-state index is 11.8. The minimum absolute atomic E-state index is 0.00551. The Bertz CT molecular complexity index is 527. The van der Waals surface area contributed by atoms with Gasteiger partial charge >= 0.3 is 6.03 Å². The summed E-state index contributed by atoms with van der Waals surface area (Å²) in [6.45, 7) is 5.58. The van der Waals surface area contributed by atoms with Crippen molar-refractivity contribution in [3.8, 4) is 12.3 Å². The van der Waals surface area contributed by atoms with Crippen molar-refractivity contribution in [1.82, 2.24) is 15.5 Å². The fraction of sp³-hybridized carbons (Fsp3) is 0.500. The average molecular weight is 315 g/mol. The van der Waals surface area contributed by atoms with E-state index >= 15 is 0 Å². The van der Waals surface area contributed by atoms with Crippen LogP contribution < -0.4 is 10.6 Å². The van der Waals surface area contributed by atoms with Gasteiger partial charge in [0.15, 0.2) is 0 Å². The Morgan fingerprint density at radius 2 is 2.26 bits per heavy atom. The molecule has 0 aliphatic carbocycles. The van der Waals surface area contributed by atoms with Crippen LogP contribution in [0.1, 0.15) is 18.9 Å². The summed E-state index contributed by atoms with van der Waals surface area (Å²) in [6.07, 6.45) is 5.96.